The van der Waals surface area contributed by atoms with Crippen molar-refractivity contribution in [2.45, 2.75) is 31.1 Å². The van der Waals surface area contributed by atoms with E-state index in [0.29, 0.717) is 50.1 Å². The lowest BCUT2D eigenvalue weighted by Crippen LogP contribution is -3.15. The number of nitrogens with zero attached hydrogens (tertiary/aromatic N) is 1. The minimum atomic E-state index is -3.47. The highest BCUT2D eigenvalue weighted by Crippen LogP contribution is 2.18. The van der Waals surface area contributed by atoms with E-state index in [1.165, 1.54) is 9.87 Å². The molecule has 0 bridgehead atoms. The first-order chi connectivity index (χ1) is 14.4. The van der Waals surface area contributed by atoms with Crippen LogP contribution < -0.4 is 10.2 Å². The van der Waals surface area contributed by atoms with Gasteiger partial charge in [0.2, 0.25) is 10.0 Å². The number of carbonyl (C=O) groups excluding carboxylic acids is 1. The summed E-state index contributed by atoms with van der Waals surface area (Å²) in [6.45, 7) is 7.20. The highest BCUT2D eigenvalue weighted by Gasteiger charge is 2.31. The first-order valence-corrected chi connectivity index (χ1v) is 12.1. The van der Waals surface area contributed by atoms with Crippen LogP contribution in [0.1, 0.15) is 30.4 Å². The van der Waals surface area contributed by atoms with Gasteiger partial charge in [-0.25, -0.2) is 8.42 Å². The predicted molar refractivity (Wildman–Crippen MR) is 118 cm³/mol. The van der Waals surface area contributed by atoms with Crippen molar-refractivity contribution in [1.29, 1.82) is 0 Å². The Balaban J connectivity index is 1.47. The zero-order valence-corrected chi connectivity index (χ0v) is 18.6. The third-order valence-corrected chi connectivity index (χ3v) is 7.72. The molecule has 3 rings (SSSR count). The molecule has 1 amide bonds. The molecule has 0 unspecified atom stereocenters. The lowest BCUT2D eigenvalue weighted by atomic mass is 9.96. The summed E-state index contributed by atoms with van der Waals surface area (Å²) in [7, 11) is -3.47. The maximum atomic E-state index is 12.8. The van der Waals surface area contributed by atoms with Crippen LogP contribution in [0.4, 0.5) is 0 Å². The molecule has 162 valence electrons. The van der Waals surface area contributed by atoms with E-state index in [1.807, 2.05) is 37.3 Å². The molecule has 0 radical (unpaired) electrons. The Labute approximate surface area is 179 Å². The number of amides is 1. The van der Waals surface area contributed by atoms with Gasteiger partial charge in [-0.05, 0) is 31.0 Å². The van der Waals surface area contributed by atoms with Crippen LogP contribution in [0.15, 0.2) is 59.5 Å². The van der Waals surface area contributed by atoms with E-state index in [9.17, 15) is 13.2 Å². The van der Waals surface area contributed by atoms with Gasteiger partial charge >= 0.3 is 0 Å². The molecule has 2 N–H and O–H groups in total. The van der Waals surface area contributed by atoms with Crippen molar-refractivity contribution in [2.24, 2.45) is 0 Å². The van der Waals surface area contributed by atoms with Crippen LogP contribution in [0.5, 0.6) is 0 Å². The van der Waals surface area contributed by atoms with Crippen LogP contribution in [-0.2, 0) is 14.8 Å². The minimum Gasteiger partial charge on any atom is -0.351 e. The highest BCUT2D eigenvalue weighted by atomic mass is 32.2. The summed E-state index contributed by atoms with van der Waals surface area (Å²) in [5.41, 5.74) is 2.27. The molecule has 0 aliphatic carbocycles. The summed E-state index contributed by atoms with van der Waals surface area (Å²) < 4.78 is 27.1. The quantitative estimate of drug-likeness (QED) is 0.661. The largest absolute Gasteiger partial charge is 0.351 e. The van der Waals surface area contributed by atoms with E-state index in [2.05, 4.69) is 24.4 Å². The maximum absolute atomic E-state index is 12.8. The Bertz CT molecular complexity index is 922. The normalized spacial score (nSPS) is 16.9. The fraction of sp³-hybridized carbons (Fsp3) is 0.435. The lowest BCUT2D eigenvalue weighted by molar-refractivity contribution is -0.895. The van der Waals surface area contributed by atoms with Crippen LogP contribution in [0, 0.1) is 6.92 Å². The molecule has 0 saturated carbocycles. The van der Waals surface area contributed by atoms with Crippen LogP contribution in [0.25, 0.3) is 0 Å². The number of hydrogen-bond acceptors (Lipinski definition) is 3. The third kappa shape index (κ3) is 5.68. The van der Waals surface area contributed by atoms with Crippen LogP contribution in [-0.4, -0.2) is 57.9 Å². The number of quaternary nitrogens is 1. The third-order valence-electron chi connectivity index (χ3n) is 5.81. The zero-order valence-electron chi connectivity index (χ0n) is 17.8. The van der Waals surface area contributed by atoms with Gasteiger partial charge in [0.1, 0.15) is 0 Å². The second-order valence-electron chi connectivity index (χ2n) is 7.96. The second-order valence-corrected chi connectivity index (χ2v) is 9.90. The molecule has 0 spiro atoms. The molecule has 2 aromatic carbocycles. The first-order valence-electron chi connectivity index (χ1n) is 10.6. The Morgan fingerprint density at radius 2 is 1.70 bits per heavy atom. The summed E-state index contributed by atoms with van der Waals surface area (Å²) >= 11 is 0. The van der Waals surface area contributed by atoms with E-state index >= 15 is 0 Å². The van der Waals surface area contributed by atoms with E-state index in [-0.39, 0.29) is 5.91 Å². The van der Waals surface area contributed by atoms with Crippen molar-refractivity contribution in [3.8, 4) is 0 Å². The van der Waals surface area contributed by atoms with Gasteiger partial charge in [-0.15, -0.1) is 0 Å². The molecule has 1 heterocycles. The average Bonchev–Trinajstić information content (AvgIpc) is 2.75. The number of hydrogen-bond donors (Lipinski definition) is 2. The van der Waals surface area contributed by atoms with Gasteiger partial charge in [0.25, 0.3) is 5.91 Å². The second kappa shape index (κ2) is 10.2. The minimum absolute atomic E-state index is 0.0224. The van der Waals surface area contributed by atoms with Crippen molar-refractivity contribution in [3.05, 3.63) is 65.7 Å². The molecule has 6 nitrogen and oxygen atoms in total. The number of benzene rings is 2. The fourth-order valence-electron chi connectivity index (χ4n) is 3.83. The topological polar surface area (TPSA) is 70.9 Å². The van der Waals surface area contributed by atoms with E-state index in [0.717, 1.165) is 16.9 Å². The number of carbonyl (C=O) groups is 1. The summed E-state index contributed by atoms with van der Waals surface area (Å²) in [5.74, 6) is 0.330. The van der Waals surface area contributed by atoms with Crippen molar-refractivity contribution >= 4 is 15.9 Å². The van der Waals surface area contributed by atoms with Crippen LogP contribution in [0.3, 0.4) is 0 Å². The SMILES string of the molecule is CC[C@H](CNC(=O)C[NH+]1CCN(S(=O)(=O)c2ccc(C)cc2)CC1)c1ccccc1. The smallest absolute Gasteiger partial charge is 0.275 e. The molecule has 1 aliphatic heterocycles. The number of nitrogens with one attached hydrogen (secondary N) is 2. The molecule has 7 heteroatoms. The molecule has 1 saturated heterocycles. The molecule has 30 heavy (non-hydrogen) atoms. The predicted octanol–water partition coefficient (Wildman–Crippen LogP) is 1.19. The van der Waals surface area contributed by atoms with Crippen LogP contribution >= 0.6 is 0 Å². The molecule has 1 atom stereocenters. The van der Waals surface area contributed by atoms with Crippen LogP contribution in [0.2, 0.25) is 0 Å². The van der Waals surface area contributed by atoms with Gasteiger partial charge in [0, 0.05) is 12.5 Å². The summed E-state index contributed by atoms with van der Waals surface area (Å²) in [6.07, 6.45) is 0.965. The van der Waals surface area contributed by atoms with Gasteiger partial charge in [-0.1, -0.05) is 55.0 Å². The average molecular weight is 431 g/mol. The monoisotopic (exact) mass is 430 g/mol. The van der Waals surface area contributed by atoms with Crippen molar-refractivity contribution in [2.75, 3.05) is 39.3 Å². The standard InChI is InChI=1S/C23H31N3O3S/c1-3-20(21-7-5-4-6-8-21)17-24-23(27)18-25-13-15-26(16-14-25)30(28,29)22-11-9-19(2)10-12-22/h4-12,20H,3,13-18H2,1-2H3,(H,24,27)/p+1/t20-/m1/s1. The summed E-state index contributed by atoms with van der Waals surface area (Å²) in [6, 6.07) is 17.2. The van der Waals surface area contributed by atoms with Gasteiger partial charge in [0.15, 0.2) is 6.54 Å². The van der Waals surface area contributed by atoms with E-state index in [1.54, 1.807) is 12.1 Å². The Morgan fingerprint density at radius 1 is 1.07 bits per heavy atom. The van der Waals surface area contributed by atoms with Crippen molar-refractivity contribution in [3.63, 3.8) is 0 Å². The van der Waals surface area contributed by atoms with Gasteiger partial charge in [-0.3, -0.25) is 4.79 Å². The van der Waals surface area contributed by atoms with Crippen molar-refractivity contribution in [1.82, 2.24) is 9.62 Å². The maximum Gasteiger partial charge on any atom is 0.275 e. The highest BCUT2D eigenvalue weighted by molar-refractivity contribution is 7.89. The lowest BCUT2D eigenvalue weighted by Gasteiger charge is -2.31. The van der Waals surface area contributed by atoms with Gasteiger partial charge < -0.3 is 10.2 Å². The van der Waals surface area contributed by atoms with Crippen molar-refractivity contribution < 1.29 is 18.1 Å². The van der Waals surface area contributed by atoms with Gasteiger partial charge in [-0.2, -0.15) is 4.31 Å². The molecular weight excluding hydrogens is 398 g/mol. The van der Waals surface area contributed by atoms with E-state index < -0.39 is 10.0 Å². The number of piperazine rings is 1. The summed E-state index contributed by atoms with van der Waals surface area (Å²) in [5, 5.41) is 3.06. The molecule has 0 aromatic heterocycles. The Morgan fingerprint density at radius 3 is 2.30 bits per heavy atom. The zero-order chi connectivity index (χ0) is 21.6. The van der Waals surface area contributed by atoms with Gasteiger partial charge in [0.05, 0.1) is 31.1 Å². The molecule has 1 fully saturated rings. The summed E-state index contributed by atoms with van der Waals surface area (Å²) in [4.78, 5) is 13.9. The number of sulfonamides is 1. The Hall–Kier alpha value is -2.22. The Kier molecular flexibility index (Phi) is 7.64. The number of aryl methyl sites for hydroxylation is 1. The van der Waals surface area contributed by atoms with E-state index in [4.69, 9.17) is 0 Å². The fourth-order valence-corrected chi connectivity index (χ4v) is 5.27. The molecule has 2 aromatic rings. The molecular formula is C23H32N3O3S+. The first kappa shape index (κ1) is 22.5. The number of rotatable bonds is 8. The molecule has 1 aliphatic rings.